The van der Waals surface area contributed by atoms with Crippen molar-refractivity contribution in [3.63, 3.8) is 0 Å². The summed E-state index contributed by atoms with van der Waals surface area (Å²) in [5, 5.41) is 5.75. The topological polar surface area (TPSA) is 105 Å². The number of piperidine rings is 1. The van der Waals surface area contributed by atoms with Crippen LogP contribution >= 0.6 is 11.6 Å². The van der Waals surface area contributed by atoms with Crippen molar-refractivity contribution in [2.75, 3.05) is 30.8 Å². The van der Waals surface area contributed by atoms with Crippen molar-refractivity contribution in [3.8, 4) is 5.75 Å². The fraction of sp³-hybridized carbons (Fsp3) is 0.333. The van der Waals surface area contributed by atoms with Crippen molar-refractivity contribution in [1.29, 1.82) is 0 Å². The molecular formula is C21H24ClN3O5S. The predicted molar refractivity (Wildman–Crippen MR) is 119 cm³/mol. The Hall–Kier alpha value is -2.62. The monoisotopic (exact) mass is 465 g/mol. The second kappa shape index (κ2) is 9.67. The van der Waals surface area contributed by atoms with E-state index in [0.717, 1.165) is 0 Å². The Kier molecular flexibility index (Phi) is 7.19. The Bertz CT molecular complexity index is 1090. The normalized spacial score (nSPS) is 17.1. The largest absolute Gasteiger partial charge is 0.495 e. The fourth-order valence-corrected chi connectivity index (χ4v) is 5.43. The summed E-state index contributed by atoms with van der Waals surface area (Å²) in [7, 11) is -2.50. The Morgan fingerprint density at radius 1 is 1.13 bits per heavy atom. The van der Waals surface area contributed by atoms with Gasteiger partial charge in [-0.15, -0.1) is 0 Å². The highest BCUT2D eigenvalue weighted by Crippen LogP contribution is 2.32. The highest BCUT2D eigenvalue weighted by molar-refractivity contribution is 7.89. The molecule has 10 heteroatoms. The van der Waals surface area contributed by atoms with Crippen molar-refractivity contribution in [2.24, 2.45) is 5.92 Å². The van der Waals surface area contributed by atoms with Gasteiger partial charge in [-0.25, -0.2) is 8.42 Å². The van der Waals surface area contributed by atoms with E-state index in [1.807, 2.05) is 0 Å². The molecule has 0 spiro atoms. The van der Waals surface area contributed by atoms with Crippen LogP contribution in [0.3, 0.4) is 0 Å². The lowest BCUT2D eigenvalue weighted by molar-refractivity contribution is -0.121. The minimum atomic E-state index is -3.89. The van der Waals surface area contributed by atoms with E-state index in [9.17, 15) is 18.0 Å². The average molecular weight is 466 g/mol. The number of benzene rings is 2. The van der Waals surface area contributed by atoms with Crippen molar-refractivity contribution in [1.82, 2.24) is 4.31 Å². The lowest BCUT2D eigenvalue weighted by Crippen LogP contribution is -2.43. The molecule has 1 heterocycles. The van der Waals surface area contributed by atoms with E-state index >= 15 is 0 Å². The number of ether oxygens (including phenoxy) is 1. The van der Waals surface area contributed by atoms with E-state index < -0.39 is 15.9 Å². The van der Waals surface area contributed by atoms with Gasteiger partial charge in [0, 0.05) is 36.4 Å². The molecule has 0 bridgehead atoms. The Labute approximate surface area is 186 Å². The Morgan fingerprint density at radius 2 is 1.84 bits per heavy atom. The average Bonchev–Trinajstić information content (AvgIpc) is 2.73. The molecule has 31 heavy (non-hydrogen) atoms. The molecule has 2 N–H and O–H groups in total. The molecule has 3 rings (SSSR count). The van der Waals surface area contributed by atoms with Gasteiger partial charge in [-0.05, 0) is 49.2 Å². The smallest absolute Gasteiger partial charge is 0.246 e. The van der Waals surface area contributed by atoms with Gasteiger partial charge in [-0.2, -0.15) is 4.31 Å². The van der Waals surface area contributed by atoms with Gasteiger partial charge in [0.1, 0.15) is 10.6 Å². The van der Waals surface area contributed by atoms with Crippen LogP contribution in [-0.4, -0.2) is 44.7 Å². The molecule has 166 valence electrons. The van der Waals surface area contributed by atoms with Gasteiger partial charge < -0.3 is 15.4 Å². The lowest BCUT2D eigenvalue weighted by Gasteiger charge is -2.31. The molecule has 2 amide bonds. The number of carbonyl (C=O) groups excluding carboxylic acids is 2. The maximum atomic E-state index is 13.2. The number of sulfonamides is 1. The summed E-state index contributed by atoms with van der Waals surface area (Å²) in [4.78, 5) is 24.0. The number of hydrogen-bond acceptors (Lipinski definition) is 5. The standard InChI is InChI=1S/C21H24ClN3O5S/c1-14(26)23-17-6-3-7-18(12-17)24-21(27)15-5-4-10-25(13-15)31(28,29)20-11-16(22)8-9-19(20)30-2/h3,6-9,11-12,15H,4-5,10,13H2,1-2H3,(H,23,26)(H,24,27)/t15-/m1/s1. The summed E-state index contributed by atoms with van der Waals surface area (Å²) >= 11 is 6.00. The number of nitrogens with one attached hydrogen (secondary N) is 2. The van der Waals surface area contributed by atoms with E-state index in [1.54, 1.807) is 30.3 Å². The quantitative estimate of drug-likeness (QED) is 0.680. The van der Waals surface area contributed by atoms with Crippen LogP contribution in [0.2, 0.25) is 5.02 Å². The number of methoxy groups -OCH3 is 1. The third kappa shape index (κ3) is 5.55. The van der Waals surface area contributed by atoms with E-state index in [1.165, 1.54) is 30.5 Å². The molecule has 2 aromatic carbocycles. The van der Waals surface area contributed by atoms with Gasteiger partial charge in [-0.3, -0.25) is 9.59 Å². The number of anilines is 2. The van der Waals surface area contributed by atoms with Gasteiger partial charge >= 0.3 is 0 Å². The second-order valence-corrected chi connectivity index (χ2v) is 9.59. The van der Waals surface area contributed by atoms with Gasteiger partial charge in [0.25, 0.3) is 0 Å². The van der Waals surface area contributed by atoms with E-state index in [-0.39, 0.29) is 34.0 Å². The maximum absolute atomic E-state index is 13.2. The third-order valence-electron chi connectivity index (χ3n) is 4.95. The number of rotatable bonds is 6. The first-order chi connectivity index (χ1) is 14.7. The summed E-state index contributed by atoms with van der Waals surface area (Å²) in [5.74, 6) is -0.810. The highest BCUT2D eigenvalue weighted by atomic mass is 35.5. The minimum absolute atomic E-state index is 0.0217. The molecule has 1 aliphatic rings. The summed E-state index contributed by atoms with van der Waals surface area (Å²) in [6.07, 6.45) is 1.11. The zero-order valence-corrected chi connectivity index (χ0v) is 18.8. The van der Waals surface area contributed by atoms with Crippen molar-refractivity contribution >= 4 is 44.8 Å². The number of carbonyl (C=O) groups is 2. The number of amides is 2. The molecule has 1 atom stereocenters. The zero-order chi connectivity index (χ0) is 22.6. The van der Waals surface area contributed by atoms with Crippen LogP contribution < -0.4 is 15.4 Å². The first-order valence-electron chi connectivity index (χ1n) is 9.73. The minimum Gasteiger partial charge on any atom is -0.495 e. The van der Waals surface area contributed by atoms with Gasteiger partial charge in [0.05, 0.1) is 13.0 Å². The molecule has 2 aromatic rings. The van der Waals surface area contributed by atoms with E-state index in [2.05, 4.69) is 10.6 Å². The molecule has 0 saturated carbocycles. The second-order valence-electron chi connectivity index (χ2n) is 7.25. The van der Waals surface area contributed by atoms with Crippen LogP contribution in [-0.2, 0) is 19.6 Å². The molecule has 0 aromatic heterocycles. The first kappa shape index (κ1) is 23.1. The van der Waals surface area contributed by atoms with Gasteiger partial charge in [0.2, 0.25) is 21.8 Å². The first-order valence-corrected chi connectivity index (χ1v) is 11.5. The summed E-state index contributed by atoms with van der Waals surface area (Å²) in [6.45, 7) is 1.76. The fourth-order valence-electron chi connectivity index (χ4n) is 3.49. The van der Waals surface area contributed by atoms with Crippen LogP contribution in [0.25, 0.3) is 0 Å². The number of nitrogens with zero attached hydrogens (tertiary/aromatic N) is 1. The highest BCUT2D eigenvalue weighted by Gasteiger charge is 2.35. The van der Waals surface area contributed by atoms with Gasteiger partial charge in [0.15, 0.2) is 0 Å². The van der Waals surface area contributed by atoms with Gasteiger partial charge in [-0.1, -0.05) is 17.7 Å². The predicted octanol–water partition coefficient (Wildman–Crippen LogP) is 3.35. The van der Waals surface area contributed by atoms with Crippen LogP contribution in [0.5, 0.6) is 5.75 Å². The lowest BCUT2D eigenvalue weighted by atomic mass is 9.98. The van der Waals surface area contributed by atoms with Crippen LogP contribution in [0.1, 0.15) is 19.8 Å². The summed E-state index contributed by atoms with van der Waals surface area (Å²) in [6, 6.07) is 11.2. The molecule has 1 fully saturated rings. The SMILES string of the molecule is COc1ccc(Cl)cc1S(=O)(=O)N1CCC[C@@H](C(=O)Nc2cccc(NC(C)=O)c2)C1. The molecule has 0 aliphatic carbocycles. The zero-order valence-electron chi connectivity index (χ0n) is 17.2. The molecule has 8 nitrogen and oxygen atoms in total. The van der Waals surface area contributed by atoms with Crippen LogP contribution in [0.15, 0.2) is 47.4 Å². The molecule has 1 saturated heterocycles. The van der Waals surface area contributed by atoms with Crippen molar-refractivity contribution in [3.05, 3.63) is 47.5 Å². The third-order valence-corrected chi connectivity index (χ3v) is 7.07. The van der Waals surface area contributed by atoms with E-state index in [4.69, 9.17) is 16.3 Å². The van der Waals surface area contributed by atoms with Crippen molar-refractivity contribution in [2.45, 2.75) is 24.7 Å². The van der Waals surface area contributed by atoms with Crippen LogP contribution in [0.4, 0.5) is 11.4 Å². The van der Waals surface area contributed by atoms with Crippen LogP contribution in [0, 0.1) is 5.92 Å². The summed E-state index contributed by atoms with van der Waals surface area (Å²) in [5.41, 5.74) is 1.08. The van der Waals surface area contributed by atoms with Crippen molar-refractivity contribution < 1.29 is 22.7 Å². The number of halogens is 1. The molecular weight excluding hydrogens is 442 g/mol. The van der Waals surface area contributed by atoms with E-state index in [0.29, 0.717) is 30.8 Å². The Balaban J connectivity index is 1.75. The summed E-state index contributed by atoms with van der Waals surface area (Å²) < 4.78 is 32.9. The molecule has 0 unspecified atom stereocenters. The Morgan fingerprint density at radius 3 is 2.52 bits per heavy atom. The molecule has 0 radical (unpaired) electrons. The number of hydrogen-bond donors (Lipinski definition) is 2. The maximum Gasteiger partial charge on any atom is 0.246 e. The molecule has 1 aliphatic heterocycles.